The summed E-state index contributed by atoms with van der Waals surface area (Å²) < 4.78 is 5.34. The Hall–Kier alpha value is -3.73. The molecule has 0 spiro atoms. The van der Waals surface area contributed by atoms with Crippen LogP contribution < -0.4 is 15.4 Å². The van der Waals surface area contributed by atoms with E-state index in [-0.39, 0.29) is 5.91 Å². The van der Waals surface area contributed by atoms with Crippen molar-refractivity contribution >= 4 is 22.5 Å². The fraction of sp³-hybridized carbons (Fsp3) is 0.364. The number of hydrogen-bond acceptors (Lipinski definition) is 3. The van der Waals surface area contributed by atoms with Crippen molar-refractivity contribution in [1.82, 2.24) is 10.3 Å². The van der Waals surface area contributed by atoms with E-state index >= 15 is 0 Å². The first-order chi connectivity index (χ1) is 18.4. The van der Waals surface area contributed by atoms with E-state index in [0.717, 1.165) is 66.6 Å². The highest BCUT2D eigenvalue weighted by molar-refractivity contribution is 5.94. The van der Waals surface area contributed by atoms with E-state index < -0.39 is 0 Å². The minimum atomic E-state index is -0.0612. The van der Waals surface area contributed by atoms with Crippen molar-refractivity contribution in [2.75, 3.05) is 25.5 Å². The predicted octanol–water partition coefficient (Wildman–Crippen LogP) is 7.98. The van der Waals surface area contributed by atoms with Crippen LogP contribution in [-0.2, 0) is 6.42 Å². The Morgan fingerprint density at radius 1 is 0.921 bits per heavy atom. The molecule has 2 aromatic carbocycles. The van der Waals surface area contributed by atoms with Gasteiger partial charge in [0.15, 0.2) is 0 Å². The number of anilines is 1. The van der Waals surface area contributed by atoms with Gasteiger partial charge in [-0.1, -0.05) is 34.9 Å². The molecule has 0 saturated heterocycles. The summed E-state index contributed by atoms with van der Waals surface area (Å²) in [5, 5.41) is 7.58. The van der Waals surface area contributed by atoms with Crippen LogP contribution in [0.15, 0.2) is 83.6 Å². The van der Waals surface area contributed by atoms with Gasteiger partial charge in [0.25, 0.3) is 5.91 Å². The number of allylic oxidation sites excluding steroid dienone is 5. The average molecular weight is 514 g/mol. The van der Waals surface area contributed by atoms with Crippen molar-refractivity contribution in [2.45, 2.75) is 59.8 Å². The molecule has 1 amide bonds. The van der Waals surface area contributed by atoms with Crippen molar-refractivity contribution in [3.8, 4) is 5.75 Å². The predicted molar refractivity (Wildman–Crippen MR) is 161 cm³/mol. The minimum absolute atomic E-state index is 0.0612. The number of aromatic nitrogens is 1. The molecule has 5 heteroatoms. The fourth-order valence-corrected chi connectivity index (χ4v) is 4.33. The Bertz CT molecular complexity index is 1280. The van der Waals surface area contributed by atoms with E-state index in [1.165, 1.54) is 16.7 Å². The van der Waals surface area contributed by atoms with Crippen LogP contribution in [0.2, 0.25) is 0 Å². The number of H-pyrrole nitrogens is 1. The molecule has 0 saturated carbocycles. The Labute approximate surface area is 228 Å². The number of aromatic amines is 1. The molecule has 1 heterocycles. The maximum Gasteiger partial charge on any atom is 0.251 e. The highest BCUT2D eigenvalue weighted by atomic mass is 16.5. The molecule has 5 nitrogen and oxygen atoms in total. The third-order valence-corrected chi connectivity index (χ3v) is 6.68. The second-order valence-corrected chi connectivity index (χ2v) is 10.1. The van der Waals surface area contributed by atoms with Gasteiger partial charge in [-0.2, -0.15) is 0 Å². The maximum atomic E-state index is 12.6. The van der Waals surface area contributed by atoms with Crippen LogP contribution in [-0.4, -0.2) is 31.1 Å². The van der Waals surface area contributed by atoms with Crippen LogP contribution >= 0.6 is 0 Å². The summed E-state index contributed by atoms with van der Waals surface area (Å²) in [6.45, 7) is 10.1. The van der Waals surface area contributed by atoms with E-state index in [1.807, 2.05) is 48.7 Å². The monoisotopic (exact) mass is 513 g/mol. The van der Waals surface area contributed by atoms with Crippen LogP contribution in [0.5, 0.6) is 5.75 Å². The molecule has 3 aromatic rings. The van der Waals surface area contributed by atoms with Gasteiger partial charge in [0.1, 0.15) is 5.75 Å². The number of methoxy groups -OCH3 is 1. The zero-order valence-corrected chi connectivity index (χ0v) is 23.6. The number of carbonyl (C=O) groups excluding carboxylic acids is 1. The summed E-state index contributed by atoms with van der Waals surface area (Å²) >= 11 is 0. The number of amides is 1. The highest BCUT2D eigenvalue weighted by Crippen LogP contribution is 2.23. The molecule has 0 aliphatic carbocycles. The number of fused-ring (bicyclic) bond motifs is 1. The molecule has 0 bridgehead atoms. The molecule has 0 fully saturated rings. The number of nitrogens with one attached hydrogen (secondary N) is 3. The molecule has 1 aromatic heterocycles. The lowest BCUT2D eigenvalue weighted by molar-refractivity contribution is 0.0954. The second kappa shape index (κ2) is 14.9. The van der Waals surface area contributed by atoms with Crippen molar-refractivity contribution in [2.24, 2.45) is 0 Å². The lowest BCUT2D eigenvalue weighted by atomic mass is 10.1. The first-order valence-electron chi connectivity index (χ1n) is 13.6. The smallest absolute Gasteiger partial charge is 0.251 e. The number of benzene rings is 2. The van der Waals surface area contributed by atoms with Crippen molar-refractivity contribution in [3.63, 3.8) is 0 Å². The first kappa shape index (κ1) is 28.8. The third kappa shape index (κ3) is 9.29. The average Bonchev–Trinajstić information content (AvgIpc) is 3.30. The Morgan fingerprint density at radius 3 is 2.34 bits per heavy atom. The molecule has 0 atom stereocenters. The van der Waals surface area contributed by atoms with Gasteiger partial charge in [-0.15, -0.1) is 0 Å². The molecule has 38 heavy (non-hydrogen) atoms. The molecule has 0 aliphatic rings. The maximum absolute atomic E-state index is 12.6. The molecule has 3 N–H and O–H groups in total. The summed E-state index contributed by atoms with van der Waals surface area (Å²) in [6, 6.07) is 13.6. The Morgan fingerprint density at radius 2 is 1.63 bits per heavy atom. The van der Waals surface area contributed by atoms with E-state index in [0.29, 0.717) is 12.1 Å². The first-order valence-corrected chi connectivity index (χ1v) is 13.6. The van der Waals surface area contributed by atoms with Gasteiger partial charge < -0.3 is 20.4 Å². The lowest BCUT2D eigenvalue weighted by Gasteiger charge is -2.08. The second-order valence-electron chi connectivity index (χ2n) is 10.1. The molecular weight excluding hydrogens is 470 g/mol. The topological polar surface area (TPSA) is 66.1 Å². The zero-order valence-electron chi connectivity index (χ0n) is 23.6. The van der Waals surface area contributed by atoms with Crippen LogP contribution in [0.3, 0.4) is 0 Å². The fourth-order valence-electron chi connectivity index (χ4n) is 4.33. The molecule has 0 unspecified atom stereocenters. The number of carbonyl (C=O) groups is 1. The number of ether oxygens (including phenoxy) is 1. The quantitative estimate of drug-likeness (QED) is 0.191. The van der Waals surface area contributed by atoms with Gasteiger partial charge in [-0.05, 0) is 108 Å². The van der Waals surface area contributed by atoms with E-state index in [1.54, 1.807) is 7.11 Å². The third-order valence-electron chi connectivity index (χ3n) is 6.68. The Kier molecular flexibility index (Phi) is 11.3. The molecular formula is C33H43N3O2. The minimum Gasteiger partial charge on any atom is -0.497 e. The van der Waals surface area contributed by atoms with Crippen molar-refractivity contribution in [3.05, 3.63) is 94.7 Å². The van der Waals surface area contributed by atoms with Gasteiger partial charge in [0, 0.05) is 41.4 Å². The summed E-state index contributed by atoms with van der Waals surface area (Å²) in [7, 11) is 1.67. The normalized spacial score (nSPS) is 11.9. The SMILES string of the molecule is COc1ccc2[nH]cc(CCNC(=O)c3ccc(NC/C=C(\C)CC/C=C(\C)CCC=C(C)C)cc3)c2c1. The molecule has 0 radical (unpaired) electrons. The van der Waals surface area contributed by atoms with Crippen LogP contribution in [0.1, 0.15) is 69.3 Å². The number of rotatable bonds is 14. The van der Waals surface area contributed by atoms with Gasteiger partial charge in [-0.3, -0.25) is 4.79 Å². The molecule has 3 rings (SSSR count). The van der Waals surface area contributed by atoms with Gasteiger partial charge in [-0.25, -0.2) is 0 Å². The van der Waals surface area contributed by atoms with Gasteiger partial charge in [0.05, 0.1) is 7.11 Å². The summed E-state index contributed by atoms with van der Waals surface area (Å²) in [6.07, 6.45) is 14.1. The molecule has 0 aliphatic heterocycles. The highest BCUT2D eigenvalue weighted by Gasteiger charge is 2.08. The Balaban J connectivity index is 1.38. The summed E-state index contributed by atoms with van der Waals surface area (Å²) in [5.74, 6) is 0.768. The molecule has 202 valence electrons. The number of hydrogen-bond donors (Lipinski definition) is 3. The largest absolute Gasteiger partial charge is 0.497 e. The van der Waals surface area contributed by atoms with Crippen molar-refractivity contribution < 1.29 is 9.53 Å². The standard InChI is InChI=1S/C33H43N3O2/c1-24(2)8-6-9-25(3)10-7-11-26(4)18-20-34-29-14-12-27(13-15-29)33(37)35-21-19-28-23-36-32-17-16-30(38-5)22-31(28)32/h8,10,12-18,22-23,34,36H,6-7,9,11,19-21H2,1-5H3,(H,35,37)/b25-10+,26-18+. The van der Waals surface area contributed by atoms with Crippen LogP contribution in [0, 0.1) is 0 Å². The summed E-state index contributed by atoms with van der Waals surface area (Å²) in [5.41, 5.74) is 8.14. The van der Waals surface area contributed by atoms with E-state index in [9.17, 15) is 4.79 Å². The van der Waals surface area contributed by atoms with Crippen LogP contribution in [0.4, 0.5) is 5.69 Å². The van der Waals surface area contributed by atoms with Gasteiger partial charge >= 0.3 is 0 Å². The van der Waals surface area contributed by atoms with Crippen molar-refractivity contribution in [1.29, 1.82) is 0 Å². The van der Waals surface area contributed by atoms with E-state index in [4.69, 9.17) is 4.74 Å². The zero-order chi connectivity index (χ0) is 27.3. The van der Waals surface area contributed by atoms with Gasteiger partial charge in [0.2, 0.25) is 0 Å². The van der Waals surface area contributed by atoms with Crippen LogP contribution in [0.25, 0.3) is 10.9 Å². The van der Waals surface area contributed by atoms with E-state index in [2.05, 4.69) is 61.5 Å². The summed E-state index contributed by atoms with van der Waals surface area (Å²) in [4.78, 5) is 15.9. The lowest BCUT2D eigenvalue weighted by Crippen LogP contribution is -2.25.